The number of ketones is 1. The highest BCUT2D eigenvalue weighted by atomic mass is 35.5. The smallest absolute Gasteiger partial charge is 0.235 e. The summed E-state index contributed by atoms with van der Waals surface area (Å²) in [6.45, 7) is -0.0580. The van der Waals surface area contributed by atoms with E-state index in [2.05, 4.69) is 0 Å². The molecule has 20 heavy (non-hydrogen) atoms. The van der Waals surface area contributed by atoms with E-state index in [1.54, 1.807) is 36.4 Å². The number of para-hydroxylation sites is 1. The Morgan fingerprint density at radius 2 is 1.90 bits per heavy atom. The standard InChI is InChI=1S/C16H11ClO3/c17-12-6-7-15-11(8-12)9-16(20-15)14(18)10-19-13-4-2-1-3-5-13/h1-9H,10H2. The third-order valence-corrected chi connectivity index (χ3v) is 3.10. The largest absolute Gasteiger partial charge is 0.485 e. The van der Waals surface area contributed by atoms with Gasteiger partial charge in [-0.2, -0.15) is 0 Å². The van der Waals surface area contributed by atoms with Crippen LogP contribution in [0.25, 0.3) is 11.0 Å². The van der Waals surface area contributed by atoms with Crippen LogP contribution in [0, 0.1) is 0 Å². The number of fused-ring (bicyclic) bond motifs is 1. The molecule has 2 aromatic carbocycles. The Balaban J connectivity index is 1.75. The first-order valence-corrected chi connectivity index (χ1v) is 6.50. The lowest BCUT2D eigenvalue weighted by Gasteiger charge is -2.02. The van der Waals surface area contributed by atoms with Crippen molar-refractivity contribution in [3.63, 3.8) is 0 Å². The fourth-order valence-corrected chi connectivity index (χ4v) is 2.07. The highest BCUT2D eigenvalue weighted by Crippen LogP contribution is 2.23. The molecule has 0 aliphatic rings. The Morgan fingerprint density at radius 1 is 1.10 bits per heavy atom. The number of ether oxygens (including phenoxy) is 1. The van der Waals surface area contributed by atoms with E-state index in [0.29, 0.717) is 16.4 Å². The van der Waals surface area contributed by atoms with Crippen molar-refractivity contribution in [1.29, 1.82) is 0 Å². The van der Waals surface area contributed by atoms with Gasteiger partial charge in [-0.1, -0.05) is 29.8 Å². The number of carbonyl (C=O) groups is 1. The number of furan rings is 1. The molecule has 3 nitrogen and oxygen atoms in total. The van der Waals surface area contributed by atoms with Crippen molar-refractivity contribution in [2.75, 3.05) is 6.61 Å². The summed E-state index contributed by atoms with van der Waals surface area (Å²) in [5.74, 6) is 0.722. The average molecular weight is 287 g/mol. The van der Waals surface area contributed by atoms with E-state index in [9.17, 15) is 4.79 Å². The van der Waals surface area contributed by atoms with Crippen LogP contribution in [0.2, 0.25) is 5.02 Å². The molecule has 0 aliphatic heterocycles. The molecule has 0 unspecified atom stereocenters. The fraction of sp³-hybridized carbons (Fsp3) is 0.0625. The van der Waals surface area contributed by atoms with Crippen LogP contribution in [0.3, 0.4) is 0 Å². The minimum Gasteiger partial charge on any atom is -0.485 e. The summed E-state index contributed by atoms with van der Waals surface area (Å²) in [4.78, 5) is 12.0. The summed E-state index contributed by atoms with van der Waals surface area (Å²) >= 11 is 5.90. The maximum atomic E-state index is 12.0. The molecule has 0 aliphatic carbocycles. The van der Waals surface area contributed by atoms with E-state index in [-0.39, 0.29) is 18.2 Å². The molecule has 1 heterocycles. The van der Waals surface area contributed by atoms with Gasteiger partial charge in [-0.25, -0.2) is 0 Å². The highest BCUT2D eigenvalue weighted by molar-refractivity contribution is 6.31. The predicted molar refractivity (Wildman–Crippen MR) is 77.5 cm³/mol. The molecule has 3 aromatic rings. The van der Waals surface area contributed by atoms with Crippen molar-refractivity contribution in [2.24, 2.45) is 0 Å². The van der Waals surface area contributed by atoms with Crippen LogP contribution in [-0.2, 0) is 0 Å². The van der Waals surface area contributed by atoms with Gasteiger partial charge in [-0.05, 0) is 36.4 Å². The number of benzene rings is 2. The second-order valence-corrected chi connectivity index (χ2v) is 4.75. The predicted octanol–water partition coefficient (Wildman–Crippen LogP) is 4.35. The van der Waals surface area contributed by atoms with Crippen LogP contribution in [0.4, 0.5) is 0 Å². The molecule has 0 saturated carbocycles. The monoisotopic (exact) mass is 286 g/mol. The second kappa shape index (κ2) is 5.39. The topological polar surface area (TPSA) is 39.4 Å². The van der Waals surface area contributed by atoms with E-state index < -0.39 is 0 Å². The minimum absolute atomic E-state index is 0.0580. The maximum Gasteiger partial charge on any atom is 0.235 e. The summed E-state index contributed by atoms with van der Waals surface area (Å²) in [5, 5.41) is 1.42. The molecule has 0 fully saturated rings. The molecule has 0 saturated heterocycles. The first kappa shape index (κ1) is 12.8. The van der Waals surface area contributed by atoms with Gasteiger partial charge < -0.3 is 9.15 Å². The molecular formula is C16H11ClO3. The molecular weight excluding hydrogens is 276 g/mol. The normalized spacial score (nSPS) is 10.7. The van der Waals surface area contributed by atoms with Crippen molar-refractivity contribution in [3.8, 4) is 5.75 Å². The summed E-state index contributed by atoms with van der Waals surface area (Å²) < 4.78 is 10.9. The SMILES string of the molecule is O=C(COc1ccccc1)c1cc2cc(Cl)ccc2o1. The van der Waals surface area contributed by atoms with Gasteiger partial charge in [0.2, 0.25) is 5.78 Å². The molecule has 0 bridgehead atoms. The van der Waals surface area contributed by atoms with Gasteiger partial charge in [0.05, 0.1) is 0 Å². The van der Waals surface area contributed by atoms with E-state index in [0.717, 1.165) is 5.39 Å². The van der Waals surface area contributed by atoms with Gasteiger partial charge in [0.15, 0.2) is 12.4 Å². The van der Waals surface area contributed by atoms with Crippen LogP contribution in [-0.4, -0.2) is 12.4 Å². The van der Waals surface area contributed by atoms with Crippen molar-refractivity contribution in [2.45, 2.75) is 0 Å². The molecule has 0 spiro atoms. The third-order valence-electron chi connectivity index (χ3n) is 2.87. The maximum absolute atomic E-state index is 12.0. The van der Waals surface area contributed by atoms with Crippen molar-refractivity contribution in [1.82, 2.24) is 0 Å². The molecule has 4 heteroatoms. The number of rotatable bonds is 4. The Morgan fingerprint density at radius 3 is 2.70 bits per heavy atom. The highest BCUT2D eigenvalue weighted by Gasteiger charge is 2.13. The summed E-state index contributed by atoms with van der Waals surface area (Å²) in [7, 11) is 0. The first-order valence-electron chi connectivity index (χ1n) is 6.12. The molecule has 0 radical (unpaired) electrons. The van der Waals surface area contributed by atoms with Gasteiger partial charge in [0, 0.05) is 10.4 Å². The average Bonchev–Trinajstić information content (AvgIpc) is 2.89. The Labute approximate surface area is 120 Å². The lowest BCUT2D eigenvalue weighted by atomic mass is 10.2. The number of hydrogen-bond donors (Lipinski definition) is 0. The van der Waals surface area contributed by atoms with Crippen LogP contribution >= 0.6 is 11.6 Å². The van der Waals surface area contributed by atoms with Gasteiger partial charge >= 0.3 is 0 Å². The summed E-state index contributed by atoms with van der Waals surface area (Å²) in [5.41, 5.74) is 0.637. The van der Waals surface area contributed by atoms with E-state index in [1.165, 1.54) is 0 Å². The molecule has 0 amide bonds. The van der Waals surface area contributed by atoms with E-state index in [4.69, 9.17) is 20.8 Å². The number of halogens is 1. The van der Waals surface area contributed by atoms with Crippen LogP contribution in [0.5, 0.6) is 5.75 Å². The number of Topliss-reactive ketones (excluding diaryl/α,β-unsaturated/α-hetero) is 1. The second-order valence-electron chi connectivity index (χ2n) is 4.32. The van der Waals surface area contributed by atoms with Gasteiger partial charge in [0.1, 0.15) is 11.3 Å². The van der Waals surface area contributed by atoms with Crippen LogP contribution in [0.15, 0.2) is 59.0 Å². The number of hydrogen-bond acceptors (Lipinski definition) is 3. The third kappa shape index (κ3) is 2.68. The lowest BCUT2D eigenvalue weighted by Crippen LogP contribution is -2.10. The Hall–Kier alpha value is -2.26. The molecule has 1 aromatic heterocycles. The van der Waals surface area contributed by atoms with Gasteiger partial charge in [0.25, 0.3) is 0 Å². The molecule has 0 atom stereocenters. The fourth-order valence-electron chi connectivity index (χ4n) is 1.89. The Kier molecular flexibility index (Phi) is 3.44. The van der Waals surface area contributed by atoms with Gasteiger partial charge in [-0.15, -0.1) is 0 Å². The van der Waals surface area contributed by atoms with E-state index in [1.807, 2.05) is 18.2 Å². The van der Waals surface area contributed by atoms with Crippen molar-refractivity contribution < 1.29 is 13.9 Å². The lowest BCUT2D eigenvalue weighted by molar-refractivity contribution is 0.0896. The van der Waals surface area contributed by atoms with Crippen molar-refractivity contribution >= 4 is 28.4 Å². The van der Waals surface area contributed by atoms with E-state index >= 15 is 0 Å². The molecule has 0 N–H and O–H groups in total. The zero-order valence-corrected chi connectivity index (χ0v) is 11.3. The van der Waals surface area contributed by atoms with Crippen molar-refractivity contribution in [3.05, 3.63) is 65.4 Å². The zero-order chi connectivity index (χ0) is 13.9. The quantitative estimate of drug-likeness (QED) is 0.669. The van der Waals surface area contributed by atoms with Crippen LogP contribution in [0.1, 0.15) is 10.6 Å². The zero-order valence-electron chi connectivity index (χ0n) is 10.5. The summed E-state index contributed by atoms with van der Waals surface area (Å²) in [6.07, 6.45) is 0. The summed E-state index contributed by atoms with van der Waals surface area (Å²) in [6, 6.07) is 16.1. The van der Waals surface area contributed by atoms with Gasteiger partial charge in [-0.3, -0.25) is 4.79 Å². The molecule has 3 rings (SSSR count). The Bertz CT molecular complexity index is 747. The number of carbonyl (C=O) groups excluding carboxylic acids is 1. The minimum atomic E-state index is -0.207. The molecule has 100 valence electrons. The van der Waals surface area contributed by atoms with Crippen LogP contribution < -0.4 is 4.74 Å². The first-order chi connectivity index (χ1) is 9.72.